The van der Waals surface area contributed by atoms with Crippen molar-refractivity contribution in [1.29, 1.82) is 0 Å². The Balaban J connectivity index is 2.37. The zero-order valence-electron chi connectivity index (χ0n) is 5.91. The molecule has 1 fully saturated rings. The fourth-order valence-electron chi connectivity index (χ4n) is 1.10. The lowest BCUT2D eigenvalue weighted by Crippen LogP contribution is -2.18. The number of rotatable bonds is 1. The van der Waals surface area contributed by atoms with Crippen molar-refractivity contribution in [3.63, 3.8) is 0 Å². The number of hydrogen-bond acceptors (Lipinski definition) is 4. The van der Waals surface area contributed by atoms with E-state index < -0.39 is 0 Å². The fraction of sp³-hybridized carbons (Fsp3) is 0.833. The van der Waals surface area contributed by atoms with Gasteiger partial charge in [0.1, 0.15) is 0 Å². The van der Waals surface area contributed by atoms with Crippen molar-refractivity contribution in [1.82, 2.24) is 4.31 Å². The maximum atomic E-state index is 10.9. The van der Waals surface area contributed by atoms with Gasteiger partial charge in [0.2, 0.25) is 0 Å². The Bertz CT molecular complexity index is 140. The number of ether oxygens (including phenoxy) is 1. The van der Waals surface area contributed by atoms with Crippen LogP contribution in [0.3, 0.4) is 0 Å². The first-order valence-corrected chi connectivity index (χ1v) is 3.65. The highest BCUT2D eigenvalue weighted by molar-refractivity contribution is 7.77. The van der Waals surface area contributed by atoms with Gasteiger partial charge in [-0.25, -0.2) is 0 Å². The molecule has 1 aliphatic heterocycles. The van der Waals surface area contributed by atoms with Gasteiger partial charge < -0.3 is 4.74 Å². The van der Waals surface area contributed by atoms with Crippen LogP contribution in [0.5, 0.6) is 0 Å². The Kier molecular flexibility index (Phi) is 2.56. The van der Waals surface area contributed by atoms with Crippen LogP contribution in [-0.4, -0.2) is 30.5 Å². The van der Waals surface area contributed by atoms with Gasteiger partial charge in [0.05, 0.1) is 13.0 Å². The summed E-state index contributed by atoms with van der Waals surface area (Å²) in [6.07, 6.45) is 0.871. The molecule has 0 radical (unpaired) electrons. The monoisotopic (exact) mass is 161 g/mol. The van der Waals surface area contributed by atoms with E-state index in [1.54, 1.807) is 0 Å². The quantitative estimate of drug-likeness (QED) is 0.444. The van der Waals surface area contributed by atoms with E-state index in [9.17, 15) is 4.79 Å². The van der Waals surface area contributed by atoms with Crippen LogP contribution in [-0.2, 0) is 9.53 Å². The first kappa shape index (κ1) is 7.88. The summed E-state index contributed by atoms with van der Waals surface area (Å²) in [5.74, 6) is -0.0703. The van der Waals surface area contributed by atoms with Crippen LogP contribution in [0.25, 0.3) is 0 Å². The van der Waals surface area contributed by atoms with E-state index in [4.69, 9.17) is 0 Å². The smallest absolute Gasteiger partial charge is 0.310 e. The van der Waals surface area contributed by atoms with Crippen molar-refractivity contribution < 1.29 is 9.53 Å². The topological polar surface area (TPSA) is 29.5 Å². The molecule has 0 amide bonds. The third kappa shape index (κ3) is 1.64. The molecule has 1 unspecified atom stereocenters. The van der Waals surface area contributed by atoms with Gasteiger partial charge in [-0.1, -0.05) is 12.8 Å². The van der Waals surface area contributed by atoms with Crippen LogP contribution in [0.1, 0.15) is 6.42 Å². The highest BCUT2D eigenvalue weighted by Gasteiger charge is 2.26. The first-order valence-electron chi connectivity index (χ1n) is 3.25. The van der Waals surface area contributed by atoms with Gasteiger partial charge in [-0.2, -0.15) is 0 Å². The average molecular weight is 161 g/mol. The summed E-state index contributed by atoms with van der Waals surface area (Å²) in [4.78, 5) is 10.9. The van der Waals surface area contributed by atoms with Crippen LogP contribution < -0.4 is 0 Å². The number of nitrogens with zero attached hydrogens (tertiary/aromatic N) is 1. The van der Waals surface area contributed by atoms with Gasteiger partial charge in [0.25, 0.3) is 0 Å². The lowest BCUT2D eigenvalue weighted by Gasteiger charge is -2.05. The molecular formula is C6H11NO2S. The van der Waals surface area contributed by atoms with Gasteiger partial charge >= 0.3 is 5.97 Å². The lowest BCUT2D eigenvalue weighted by atomic mass is 10.1. The Labute approximate surface area is 65.9 Å². The molecule has 0 aliphatic carbocycles. The van der Waals surface area contributed by atoms with Gasteiger partial charge in [0.15, 0.2) is 0 Å². The Morgan fingerprint density at radius 1 is 1.80 bits per heavy atom. The lowest BCUT2D eigenvalue weighted by molar-refractivity contribution is -0.144. The molecule has 0 aromatic carbocycles. The number of thiol groups is 1. The minimum atomic E-state index is -0.114. The summed E-state index contributed by atoms with van der Waals surface area (Å²) >= 11 is 4.11. The molecule has 10 heavy (non-hydrogen) atoms. The van der Waals surface area contributed by atoms with E-state index >= 15 is 0 Å². The standard InChI is InChI=1S/C6H11NO2S/c1-9-6(8)5-2-3-7(10)4-5/h5,10H,2-4H2,1H3. The molecule has 0 saturated carbocycles. The molecule has 1 aliphatic rings. The zero-order chi connectivity index (χ0) is 7.56. The maximum Gasteiger partial charge on any atom is 0.310 e. The molecule has 0 N–H and O–H groups in total. The third-order valence-electron chi connectivity index (χ3n) is 1.70. The predicted octanol–water partition coefficient (Wildman–Crippen LogP) is 0.326. The number of carbonyl (C=O) groups is 1. The van der Waals surface area contributed by atoms with Crippen LogP contribution in [0.4, 0.5) is 0 Å². The Morgan fingerprint density at radius 2 is 2.50 bits per heavy atom. The summed E-state index contributed by atoms with van der Waals surface area (Å²) in [6.45, 7) is 1.60. The minimum Gasteiger partial charge on any atom is -0.469 e. The van der Waals surface area contributed by atoms with Crippen LogP contribution in [0.2, 0.25) is 0 Å². The number of hydrogen-bond donors (Lipinski definition) is 1. The second kappa shape index (κ2) is 3.25. The van der Waals surface area contributed by atoms with Crippen molar-refractivity contribution >= 4 is 18.8 Å². The van der Waals surface area contributed by atoms with E-state index in [1.165, 1.54) is 7.11 Å². The highest BCUT2D eigenvalue weighted by Crippen LogP contribution is 2.18. The van der Waals surface area contributed by atoms with Gasteiger partial charge in [-0.05, 0) is 6.42 Å². The second-order valence-corrected chi connectivity index (χ2v) is 2.99. The third-order valence-corrected chi connectivity index (χ3v) is 2.06. The number of methoxy groups -OCH3 is 1. The molecule has 1 saturated heterocycles. The van der Waals surface area contributed by atoms with Crippen LogP contribution in [0, 0.1) is 5.92 Å². The molecule has 1 rings (SSSR count). The molecule has 58 valence electrons. The summed E-state index contributed by atoms with van der Waals surface area (Å²) in [5.41, 5.74) is 0. The van der Waals surface area contributed by atoms with Crippen LogP contribution in [0.15, 0.2) is 0 Å². The molecule has 1 heterocycles. The fourth-order valence-corrected chi connectivity index (χ4v) is 1.41. The van der Waals surface area contributed by atoms with E-state index in [1.807, 2.05) is 4.31 Å². The largest absolute Gasteiger partial charge is 0.469 e. The van der Waals surface area contributed by atoms with Crippen molar-refractivity contribution in [2.45, 2.75) is 6.42 Å². The van der Waals surface area contributed by atoms with Crippen molar-refractivity contribution in [3.05, 3.63) is 0 Å². The Morgan fingerprint density at radius 3 is 2.90 bits per heavy atom. The molecular weight excluding hydrogens is 150 g/mol. The Hall–Kier alpha value is -0.220. The van der Waals surface area contributed by atoms with E-state index in [2.05, 4.69) is 17.6 Å². The van der Waals surface area contributed by atoms with Gasteiger partial charge in [-0.3, -0.25) is 9.10 Å². The van der Waals surface area contributed by atoms with Gasteiger partial charge in [-0.15, -0.1) is 0 Å². The first-order chi connectivity index (χ1) is 4.74. The van der Waals surface area contributed by atoms with E-state index in [0.717, 1.165) is 19.5 Å². The van der Waals surface area contributed by atoms with E-state index in [-0.39, 0.29) is 11.9 Å². The van der Waals surface area contributed by atoms with Crippen molar-refractivity contribution in [2.24, 2.45) is 5.92 Å². The zero-order valence-corrected chi connectivity index (χ0v) is 6.80. The van der Waals surface area contributed by atoms with Crippen LogP contribution >= 0.6 is 12.8 Å². The molecule has 0 aromatic heterocycles. The minimum absolute atomic E-state index is 0.0440. The molecule has 4 heteroatoms. The summed E-state index contributed by atoms with van der Waals surface area (Å²) < 4.78 is 6.42. The molecule has 0 aromatic rings. The average Bonchev–Trinajstić information content (AvgIpc) is 2.34. The molecule has 1 atom stereocenters. The SMILES string of the molecule is COC(=O)C1CCN(S)C1. The molecule has 0 spiro atoms. The summed E-state index contributed by atoms with van der Waals surface area (Å²) in [5, 5.41) is 0. The molecule has 0 bridgehead atoms. The van der Waals surface area contributed by atoms with Crippen molar-refractivity contribution in [3.8, 4) is 0 Å². The molecule has 3 nitrogen and oxygen atoms in total. The predicted molar refractivity (Wildman–Crippen MR) is 40.7 cm³/mol. The van der Waals surface area contributed by atoms with Gasteiger partial charge in [0, 0.05) is 13.1 Å². The second-order valence-electron chi connectivity index (χ2n) is 2.42. The summed E-state index contributed by atoms with van der Waals surface area (Å²) in [6, 6.07) is 0. The summed E-state index contributed by atoms with van der Waals surface area (Å²) in [7, 11) is 1.42. The van der Waals surface area contributed by atoms with E-state index in [0.29, 0.717) is 0 Å². The number of esters is 1. The number of carbonyl (C=O) groups excluding carboxylic acids is 1. The van der Waals surface area contributed by atoms with Crippen molar-refractivity contribution in [2.75, 3.05) is 20.2 Å². The maximum absolute atomic E-state index is 10.9. The highest BCUT2D eigenvalue weighted by atomic mass is 32.1. The normalized spacial score (nSPS) is 26.8.